The van der Waals surface area contributed by atoms with Gasteiger partial charge in [0.2, 0.25) is 10.0 Å². The van der Waals surface area contributed by atoms with Gasteiger partial charge in [-0.15, -0.1) is 11.6 Å². The number of hydrogen-bond acceptors (Lipinski definition) is 4. The summed E-state index contributed by atoms with van der Waals surface area (Å²) in [5.74, 6) is -0.0104. The standard InChI is InChI=1S/C7H16ClNO4S/c1-6(2-8)5-14(12,13)9-7(3-10)4-11/h6-7,9-11H,2-5H2,1H3. The van der Waals surface area contributed by atoms with Crippen LogP contribution in [0.5, 0.6) is 0 Å². The van der Waals surface area contributed by atoms with E-state index in [1.807, 2.05) is 0 Å². The number of aliphatic hydroxyl groups excluding tert-OH is 2. The van der Waals surface area contributed by atoms with Crippen LogP contribution in [0, 0.1) is 5.92 Å². The second kappa shape index (κ2) is 6.58. The molecule has 7 heteroatoms. The van der Waals surface area contributed by atoms with Crippen LogP contribution >= 0.6 is 11.6 Å². The minimum absolute atomic E-state index is 0.104. The fourth-order valence-electron chi connectivity index (χ4n) is 0.853. The van der Waals surface area contributed by atoms with Crippen molar-refractivity contribution in [2.45, 2.75) is 13.0 Å². The van der Waals surface area contributed by atoms with Crippen molar-refractivity contribution in [2.75, 3.05) is 24.8 Å². The molecule has 0 aromatic heterocycles. The van der Waals surface area contributed by atoms with E-state index in [4.69, 9.17) is 21.8 Å². The molecule has 0 aromatic carbocycles. The summed E-state index contributed by atoms with van der Waals surface area (Å²) in [6.45, 7) is 0.856. The lowest BCUT2D eigenvalue weighted by Gasteiger charge is -2.15. The summed E-state index contributed by atoms with van der Waals surface area (Å²) < 4.78 is 24.8. The monoisotopic (exact) mass is 245 g/mol. The molecule has 0 aliphatic rings. The molecule has 0 spiro atoms. The van der Waals surface area contributed by atoms with Gasteiger partial charge in [0, 0.05) is 5.88 Å². The molecule has 86 valence electrons. The third-order valence-electron chi connectivity index (χ3n) is 1.55. The van der Waals surface area contributed by atoms with E-state index >= 15 is 0 Å². The average Bonchev–Trinajstić information content (AvgIpc) is 2.13. The van der Waals surface area contributed by atoms with Crippen LogP contribution < -0.4 is 4.72 Å². The Kier molecular flexibility index (Phi) is 6.63. The van der Waals surface area contributed by atoms with Gasteiger partial charge in [0.05, 0.1) is 25.0 Å². The number of aliphatic hydroxyl groups is 2. The van der Waals surface area contributed by atoms with Crippen molar-refractivity contribution in [3.8, 4) is 0 Å². The van der Waals surface area contributed by atoms with Crippen LogP contribution in [0.3, 0.4) is 0 Å². The summed E-state index contributed by atoms with van der Waals surface area (Å²) in [5.41, 5.74) is 0. The fraction of sp³-hybridized carbons (Fsp3) is 1.00. The molecule has 0 aliphatic carbocycles. The largest absolute Gasteiger partial charge is 0.395 e. The zero-order valence-corrected chi connectivity index (χ0v) is 9.55. The minimum atomic E-state index is -3.47. The van der Waals surface area contributed by atoms with E-state index in [1.165, 1.54) is 0 Å². The SMILES string of the molecule is CC(CCl)CS(=O)(=O)NC(CO)CO. The maximum atomic E-state index is 11.3. The number of hydrogen-bond donors (Lipinski definition) is 3. The van der Waals surface area contributed by atoms with Gasteiger partial charge in [0.15, 0.2) is 0 Å². The van der Waals surface area contributed by atoms with Gasteiger partial charge < -0.3 is 10.2 Å². The molecular weight excluding hydrogens is 230 g/mol. The van der Waals surface area contributed by atoms with Crippen LogP contribution in [0.2, 0.25) is 0 Å². The molecule has 1 atom stereocenters. The number of sulfonamides is 1. The number of halogens is 1. The Morgan fingerprint density at radius 2 is 1.86 bits per heavy atom. The van der Waals surface area contributed by atoms with E-state index in [-0.39, 0.29) is 17.6 Å². The van der Waals surface area contributed by atoms with E-state index in [0.717, 1.165) is 0 Å². The highest BCUT2D eigenvalue weighted by Crippen LogP contribution is 2.02. The van der Waals surface area contributed by atoms with Crippen molar-refractivity contribution in [3.05, 3.63) is 0 Å². The second-order valence-corrected chi connectivity index (χ2v) is 5.33. The van der Waals surface area contributed by atoms with E-state index in [0.29, 0.717) is 0 Å². The van der Waals surface area contributed by atoms with Crippen LogP contribution in [-0.4, -0.2) is 49.5 Å². The Labute approximate surface area is 89.1 Å². The molecular formula is C7H16ClNO4S. The zero-order chi connectivity index (χ0) is 11.2. The van der Waals surface area contributed by atoms with Gasteiger partial charge in [-0.05, 0) is 5.92 Å². The van der Waals surface area contributed by atoms with Gasteiger partial charge in [0.1, 0.15) is 0 Å². The van der Waals surface area contributed by atoms with E-state index in [1.54, 1.807) is 6.92 Å². The Bertz CT molecular complexity index is 240. The number of rotatable bonds is 7. The normalized spacial score (nSPS) is 14.6. The first-order valence-electron chi connectivity index (χ1n) is 4.22. The predicted molar refractivity (Wildman–Crippen MR) is 54.8 cm³/mol. The van der Waals surface area contributed by atoms with Gasteiger partial charge in [0.25, 0.3) is 0 Å². The lowest BCUT2D eigenvalue weighted by Crippen LogP contribution is -2.42. The minimum Gasteiger partial charge on any atom is -0.395 e. The molecule has 1 unspecified atom stereocenters. The van der Waals surface area contributed by atoms with E-state index in [2.05, 4.69) is 4.72 Å². The molecule has 0 aliphatic heterocycles. The first-order chi connectivity index (χ1) is 6.45. The summed E-state index contributed by atoms with van der Waals surface area (Å²) in [6.07, 6.45) is 0. The molecule has 0 saturated carbocycles. The molecule has 3 N–H and O–H groups in total. The summed E-state index contributed by atoms with van der Waals surface area (Å²) in [5, 5.41) is 17.3. The van der Waals surface area contributed by atoms with Gasteiger partial charge in [-0.3, -0.25) is 0 Å². The molecule has 14 heavy (non-hydrogen) atoms. The quantitative estimate of drug-likeness (QED) is 0.509. The molecule has 0 fully saturated rings. The van der Waals surface area contributed by atoms with Crippen molar-refractivity contribution >= 4 is 21.6 Å². The Balaban J connectivity index is 4.19. The molecule has 0 amide bonds. The van der Waals surface area contributed by atoms with Crippen molar-refractivity contribution < 1.29 is 18.6 Å². The first kappa shape index (κ1) is 14.1. The lowest BCUT2D eigenvalue weighted by molar-refractivity contribution is 0.185. The molecule has 0 aromatic rings. The highest BCUT2D eigenvalue weighted by atomic mass is 35.5. The van der Waals surface area contributed by atoms with Gasteiger partial charge >= 0.3 is 0 Å². The first-order valence-corrected chi connectivity index (χ1v) is 6.41. The third kappa shape index (κ3) is 5.77. The van der Waals surface area contributed by atoms with Crippen molar-refractivity contribution in [1.82, 2.24) is 4.72 Å². The molecule has 0 rings (SSSR count). The molecule has 5 nitrogen and oxygen atoms in total. The van der Waals surface area contributed by atoms with Crippen LogP contribution in [0.15, 0.2) is 0 Å². The number of nitrogens with one attached hydrogen (secondary N) is 1. The highest BCUT2D eigenvalue weighted by Gasteiger charge is 2.19. The third-order valence-corrected chi connectivity index (χ3v) is 3.78. The summed E-state index contributed by atoms with van der Waals surface area (Å²) in [7, 11) is -3.47. The fourth-order valence-corrected chi connectivity index (χ4v) is 2.71. The maximum absolute atomic E-state index is 11.3. The Morgan fingerprint density at radius 1 is 1.36 bits per heavy atom. The zero-order valence-electron chi connectivity index (χ0n) is 7.98. The smallest absolute Gasteiger partial charge is 0.212 e. The van der Waals surface area contributed by atoms with Gasteiger partial charge in [-0.25, -0.2) is 13.1 Å². The van der Waals surface area contributed by atoms with Crippen molar-refractivity contribution in [1.29, 1.82) is 0 Å². The van der Waals surface area contributed by atoms with Crippen LogP contribution in [-0.2, 0) is 10.0 Å². The molecule has 0 bridgehead atoms. The maximum Gasteiger partial charge on any atom is 0.212 e. The van der Waals surface area contributed by atoms with Gasteiger partial charge in [-0.1, -0.05) is 6.92 Å². The molecule has 0 radical (unpaired) electrons. The Morgan fingerprint density at radius 3 is 2.21 bits per heavy atom. The van der Waals surface area contributed by atoms with Crippen LogP contribution in [0.25, 0.3) is 0 Å². The van der Waals surface area contributed by atoms with Gasteiger partial charge in [-0.2, -0.15) is 0 Å². The van der Waals surface area contributed by atoms with E-state index in [9.17, 15) is 8.42 Å². The lowest BCUT2D eigenvalue weighted by atomic mass is 10.3. The summed E-state index contributed by atoms with van der Waals surface area (Å²) >= 11 is 5.47. The van der Waals surface area contributed by atoms with Crippen LogP contribution in [0.4, 0.5) is 0 Å². The predicted octanol–water partition coefficient (Wildman–Crippen LogP) is -0.866. The average molecular weight is 246 g/mol. The molecule has 0 saturated heterocycles. The number of alkyl halides is 1. The van der Waals surface area contributed by atoms with Crippen LogP contribution in [0.1, 0.15) is 6.92 Å². The summed E-state index contributed by atoms with van der Waals surface area (Å²) in [4.78, 5) is 0. The summed E-state index contributed by atoms with van der Waals surface area (Å²) in [6, 6.07) is -0.831. The second-order valence-electron chi connectivity index (χ2n) is 3.22. The molecule has 0 heterocycles. The topological polar surface area (TPSA) is 86.6 Å². The van der Waals surface area contributed by atoms with Crippen molar-refractivity contribution in [2.24, 2.45) is 5.92 Å². The Hall–Kier alpha value is 0.120. The highest BCUT2D eigenvalue weighted by molar-refractivity contribution is 7.89. The van der Waals surface area contributed by atoms with Crippen molar-refractivity contribution in [3.63, 3.8) is 0 Å². The van der Waals surface area contributed by atoms with E-state index < -0.39 is 29.3 Å².